The summed E-state index contributed by atoms with van der Waals surface area (Å²) >= 11 is 0. The van der Waals surface area contributed by atoms with Crippen molar-refractivity contribution in [2.24, 2.45) is 5.16 Å². The van der Waals surface area contributed by atoms with Gasteiger partial charge >= 0.3 is 5.97 Å². The molecule has 0 aliphatic carbocycles. The van der Waals surface area contributed by atoms with Gasteiger partial charge in [0.15, 0.2) is 0 Å². The molecule has 4 aromatic rings. The van der Waals surface area contributed by atoms with Crippen LogP contribution in [-0.2, 0) is 16.2 Å². The Morgan fingerprint density at radius 1 is 0.964 bits per heavy atom. The third-order valence-corrected chi connectivity index (χ3v) is 5.03. The summed E-state index contributed by atoms with van der Waals surface area (Å²) in [5, 5.41) is 6.57. The molecular weight excluding hydrogens is 348 g/mol. The highest BCUT2D eigenvalue weighted by Crippen LogP contribution is 2.30. The molecule has 0 radical (unpaired) electrons. The van der Waals surface area contributed by atoms with Crippen LogP contribution < -0.4 is 0 Å². The highest BCUT2D eigenvalue weighted by atomic mass is 16.7. The highest BCUT2D eigenvalue weighted by Gasteiger charge is 2.15. The summed E-state index contributed by atoms with van der Waals surface area (Å²) in [6.07, 6.45) is 0. The van der Waals surface area contributed by atoms with E-state index in [9.17, 15) is 4.79 Å². The van der Waals surface area contributed by atoms with E-state index in [4.69, 9.17) is 4.84 Å². The van der Waals surface area contributed by atoms with Crippen molar-refractivity contribution in [3.05, 3.63) is 83.4 Å². The zero-order chi connectivity index (χ0) is 19.7. The fraction of sp³-hybridized carbons (Fsp3) is 0.167. The normalized spacial score (nSPS) is 11.9. The van der Waals surface area contributed by atoms with Crippen LogP contribution in [-0.4, -0.2) is 16.2 Å². The molecule has 28 heavy (non-hydrogen) atoms. The summed E-state index contributed by atoms with van der Waals surface area (Å²) in [4.78, 5) is 16.4. The topological polar surface area (TPSA) is 43.6 Å². The van der Waals surface area contributed by atoms with Crippen molar-refractivity contribution in [3.8, 4) is 0 Å². The quantitative estimate of drug-likeness (QED) is 0.273. The zero-order valence-electron chi connectivity index (χ0n) is 16.3. The summed E-state index contributed by atoms with van der Waals surface area (Å²) in [6, 6.07) is 22.7. The second-order valence-corrected chi connectivity index (χ2v) is 6.83. The molecule has 0 amide bonds. The Morgan fingerprint density at radius 2 is 1.68 bits per heavy atom. The lowest BCUT2D eigenvalue weighted by Gasteiger charge is -2.10. The fourth-order valence-electron chi connectivity index (χ4n) is 3.75. The number of oxime groups is 1. The maximum atomic E-state index is 11.4. The number of hydrogen-bond acceptors (Lipinski definition) is 3. The van der Waals surface area contributed by atoms with Crippen LogP contribution in [0.3, 0.4) is 0 Å². The number of carbonyl (C=O) groups excluding carboxylic acids is 1. The average molecular weight is 370 g/mol. The second kappa shape index (κ2) is 7.31. The van der Waals surface area contributed by atoms with Gasteiger partial charge < -0.3 is 9.40 Å². The van der Waals surface area contributed by atoms with Gasteiger partial charge in [0.2, 0.25) is 0 Å². The average Bonchev–Trinajstić information content (AvgIpc) is 3.02. The molecule has 0 unspecified atom stereocenters. The Balaban J connectivity index is 1.97. The molecule has 4 heteroatoms. The number of aryl methyl sites for hydroxylation is 2. The van der Waals surface area contributed by atoms with Crippen molar-refractivity contribution >= 4 is 33.5 Å². The largest absolute Gasteiger partial charge is 0.341 e. The zero-order valence-corrected chi connectivity index (χ0v) is 16.3. The highest BCUT2D eigenvalue weighted by molar-refractivity contribution is 6.17. The number of carbonyl (C=O) groups is 1. The second-order valence-electron chi connectivity index (χ2n) is 6.83. The Morgan fingerprint density at radius 3 is 2.43 bits per heavy atom. The van der Waals surface area contributed by atoms with Crippen LogP contribution in [0.5, 0.6) is 0 Å². The molecule has 0 aliphatic heterocycles. The number of nitrogens with zero attached hydrogens (tertiary/aromatic N) is 2. The monoisotopic (exact) mass is 370 g/mol. The molecule has 0 saturated carbocycles. The van der Waals surface area contributed by atoms with Gasteiger partial charge in [-0.3, -0.25) is 0 Å². The molecule has 4 nitrogen and oxygen atoms in total. The summed E-state index contributed by atoms with van der Waals surface area (Å²) in [6.45, 7) is 6.44. The van der Waals surface area contributed by atoms with E-state index < -0.39 is 5.97 Å². The molecule has 0 bridgehead atoms. The predicted molar refractivity (Wildman–Crippen MR) is 114 cm³/mol. The predicted octanol–water partition coefficient (Wildman–Crippen LogP) is 5.44. The number of fused-ring (bicyclic) bond motifs is 3. The van der Waals surface area contributed by atoms with Crippen molar-refractivity contribution in [2.45, 2.75) is 27.3 Å². The van der Waals surface area contributed by atoms with Gasteiger partial charge in [-0.05, 0) is 37.6 Å². The number of rotatable bonds is 4. The summed E-state index contributed by atoms with van der Waals surface area (Å²) in [7, 11) is 0. The van der Waals surface area contributed by atoms with Crippen LogP contribution in [0, 0.1) is 6.92 Å². The van der Waals surface area contributed by atoms with E-state index in [1.807, 2.05) is 37.3 Å². The van der Waals surface area contributed by atoms with Crippen molar-refractivity contribution < 1.29 is 9.63 Å². The van der Waals surface area contributed by atoms with Gasteiger partial charge in [-0.1, -0.05) is 53.7 Å². The first-order valence-corrected chi connectivity index (χ1v) is 9.43. The van der Waals surface area contributed by atoms with Gasteiger partial charge in [0, 0.05) is 46.4 Å². The van der Waals surface area contributed by atoms with Crippen LogP contribution in [0.15, 0.2) is 71.9 Å². The van der Waals surface area contributed by atoms with Gasteiger partial charge in [0.05, 0.1) is 0 Å². The molecule has 0 aliphatic rings. The maximum absolute atomic E-state index is 11.4. The summed E-state index contributed by atoms with van der Waals surface area (Å²) in [5.74, 6) is -0.435. The minimum Gasteiger partial charge on any atom is -0.341 e. The van der Waals surface area contributed by atoms with Crippen molar-refractivity contribution in [1.82, 2.24) is 4.57 Å². The maximum Gasteiger partial charge on any atom is 0.332 e. The van der Waals surface area contributed by atoms with Crippen LogP contribution in [0.1, 0.15) is 30.5 Å². The van der Waals surface area contributed by atoms with Crippen molar-refractivity contribution in [3.63, 3.8) is 0 Å². The van der Waals surface area contributed by atoms with E-state index in [0.29, 0.717) is 5.71 Å². The lowest BCUT2D eigenvalue weighted by atomic mass is 9.97. The SMILES string of the molecule is CCn1c2ccccc2c2cc(C(=NOC(C)=O)c3ccccc3C)ccc21. The van der Waals surface area contributed by atoms with E-state index in [1.165, 1.54) is 28.7 Å². The molecule has 4 rings (SSSR count). The van der Waals surface area contributed by atoms with Crippen molar-refractivity contribution in [2.75, 3.05) is 0 Å². The van der Waals surface area contributed by atoms with Crippen molar-refractivity contribution in [1.29, 1.82) is 0 Å². The first-order chi connectivity index (χ1) is 13.6. The third kappa shape index (κ3) is 3.07. The Kier molecular flexibility index (Phi) is 4.70. The number of aromatic nitrogens is 1. The fourth-order valence-corrected chi connectivity index (χ4v) is 3.75. The van der Waals surface area contributed by atoms with E-state index in [0.717, 1.165) is 23.2 Å². The standard InChI is InChI=1S/C24H22N2O2/c1-4-26-22-12-8-7-11-20(22)21-15-18(13-14-23(21)26)24(25-28-17(3)27)19-10-6-5-9-16(19)2/h5-15H,4H2,1-3H3. The number of benzene rings is 3. The molecule has 1 aromatic heterocycles. The molecule has 0 fully saturated rings. The number of hydrogen-bond donors (Lipinski definition) is 0. The van der Waals surface area contributed by atoms with E-state index in [-0.39, 0.29) is 0 Å². The van der Waals surface area contributed by atoms with Gasteiger partial charge in [-0.25, -0.2) is 4.79 Å². The van der Waals surface area contributed by atoms with E-state index in [2.05, 4.69) is 53.0 Å². The molecule has 0 atom stereocenters. The molecule has 0 N–H and O–H groups in total. The summed E-state index contributed by atoms with van der Waals surface area (Å²) < 4.78 is 2.31. The van der Waals surface area contributed by atoms with Crippen LogP contribution in [0.4, 0.5) is 0 Å². The molecular formula is C24H22N2O2. The molecule has 140 valence electrons. The minimum atomic E-state index is -0.435. The lowest BCUT2D eigenvalue weighted by Crippen LogP contribution is -2.08. The smallest absolute Gasteiger partial charge is 0.332 e. The third-order valence-electron chi connectivity index (χ3n) is 5.03. The van der Waals surface area contributed by atoms with E-state index >= 15 is 0 Å². The van der Waals surface area contributed by atoms with Gasteiger partial charge in [-0.15, -0.1) is 0 Å². The molecule has 0 spiro atoms. The molecule has 0 saturated heterocycles. The van der Waals surface area contributed by atoms with Crippen LogP contribution in [0.2, 0.25) is 0 Å². The molecule has 3 aromatic carbocycles. The van der Waals surface area contributed by atoms with Gasteiger partial charge in [0.25, 0.3) is 0 Å². The Bertz CT molecular complexity index is 1220. The number of para-hydroxylation sites is 1. The van der Waals surface area contributed by atoms with E-state index in [1.54, 1.807) is 0 Å². The molecule has 1 heterocycles. The minimum absolute atomic E-state index is 0.435. The first kappa shape index (κ1) is 18.0. The first-order valence-electron chi connectivity index (χ1n) is 9.43. The summed E-state index contributed by atoms with van der Waals surface area (Å²) in [5.41, 5.74) is 5.99. The van der Waals surface area contributed by atoms with Gasteiger partial charge in [-0.2, -0.15) is 0 Å². The van der Waals surface area contributed by atoms with Crippen LogP contribution >= 0.6 is 0 Å². The lowest BCUT2D eigenvalue weighted by molar-refractivity contribution is -0.140. The van der Waals surface area contributed by atoms with Gasteiger partial charge in [0.1, 0.15) is 5.71 Å². The Hall–Kier alpha value is -3.40. The van der Waals surface area contributed by atoms with Crippen LogP contribution in [0.25, 0.3) is 21.8 Å². The Labute approximate surface area is 164 Å².